The van der Waals surface area contributed by atoms with Crippen molar-refractivity contribution in [2.45, 2.75) is 577 Å². The molecule has 0 aliphatic rings. The number of aliphatic hydroxyl groups excluding tert-OH is 1. The van der Waals surface area contributed by atoms with E-state index in [-0.39, 0.29) is 12.0 Å². The van der Waals surface area contributed by atoms with Gasteiger partial charge in [-0.3, -0.25) is 43.2 Å². The molecule has 0 amide bonds. The maximum Gasteiger partial charge on any atom is 0.313 e. The Morgan fingerprint density at radius 2 is 0.460 bits per heavy atom. The van der Waals surface area contributed by atoms with Gasteiger partial charge in [0, 0.05) is 51.9 Å². The molecule has 126 heavy (non-hydrogen) atoms. The minimum atomic E-state index is -0.689. The molecule has 0 aliphatic heterocycles. The molecule has 18 nitrogen and oxygen atoms in total. The molecule has 0 aromatic rings. The highest BCUT2D eigenvalue weighted by atomic mass is 16.6. The van der Waals surface area contributed by atoms with Crippen LogP contribution in [0.3, 0.4) is 0 Å². The van der Waals surface area contributed by atoms with E-state index in [9.17, 15) is 48.3 Å². The van der Waals surface area contributed by atoms with E-state index in [0.29, 0.717) is 44.9 Å². The highest BCUT2D eigenvalue weighted by Gasteiger charge is 2.13. The Labute approximate surface area is 775 Å². The highest BCUT2D eigenvalue weighted by molar-refractivity contribution is 5.84. The molecule has 2 atom stereocenters. The molecule has 0 spiro atoms. The van der Waals surface area contributed by atoms with Crippen molar-refractivity contribution in [2.75, 3.05) is 0 Å². The van der Waals surface area contributed by atoms with Gasteiger partial charge in [0.15, 0.2) is 0 Å². The van der Waals surface area contributed by atoms with Gasteiger partial charge in [0.2, 0.25) is 0 Å². The van der Waals surface area contributed by atoms with Crippen molar-refractivity contribution < 1.29 is 88.7 Å². The van der Waals surface area contributed by atoms with Crippen LogP contribution < -0.4 is 0 Å². The van der Waals surface area contributed by atoms with Gasteiger partial charge in [-0.25, -0.2) is 0 Å². The van der Waals surface area contributed by atoms with Gasteiger partial charge in [0.05, 0.1) is 12.0 Å². The summed E-state index contributed by atoms with van der Waals surface area (Å²) in [5, 5.41) is 68.9. The second kappa shape index (κ2) is 123. The summed E-state index contributed by atoms with van der Waals surface area (Å²) in [6, 6.07) is 0. The minimum Gasteiger partial charge on any atom is -0.481 e. The average Bonchev–Trinajstić information content (AvgIpc) is 0.991. The predicted octanol–water partition coefficient (Wildman–Crippen LogP) is 33.6. The van der Waals surface area contributed by atoms with Gasteiger partial charge in [-0.2, -0.15) is 0 Å². The molecule has 746 valence electrons. The van der Waals surface area contributed by atoms with Crippen molar-refractivity contribution in [1.29, 1.82) is 0 Å². The molecule has 8 N–H and O–H groups in total. The first-order valence-corrected chi connectivity index (χ1v) is 52.3. The lowest BCUT2D eigenvalue weighted by Crippen LogP contribution is -2.11. The van der Waals surface area contributed by atoms with Gasteiger partial charge >= 0.3 is 53.7 Å². The van der Waals surface area contributed by atoms with Crippen molar-refractivity contribution in [3.05, 3.63) is 48.6 Å². The number of aliphatic carboxylic acids is 7. The molecule has 0 heterocycles. The van der Waals surface area contributed by atoms with Crippen LogP contribution in [0.1, 0.15) is 571 Å². The fourth-order valence-electron chi connectivity index (χ4n) is 13.5. The van der Waals surface area contributed by atoms with Crippen molar-refractivity contribution in [3.8, 4) is 0 Å². The summed E-state index contributed by atoms with van der Waals surface area (Å²) in [7, 11) is 0. The molecule has 0 rings (SSSR count). The first-order chi connectivity index (χ1) is 60.8. The van der Waals surface area contributed by atoms with Crippen LogP contribution in [0.2, 0.25) is 0 Å². The number of carbonyl (C=O) groups excluding carboxylic acids is 2. The Morgan fingerprint density at radius 1 is 0.246 bits per heavy atom. The lowest BCUT2D eigenvalue weighted by atomic mass is 10.00. The largest absolute Gasteiger partial charge is 0.481 e. The summed E-state index contributed by atoms with van der Waals surface area (Å²) < 4.78 is 4.48. The highest BCUT2D eigenvalue weighted by Crippen LogP contribution is 2.19. The zero-order chi connectivity index (χ0) is 95.7. The molecule has 0 aromatic carbocycles. The summed E-state index contributed by atoms with van der Waals surface area (Å²) in [5.74, 6) is -4.90. The molecule has 0 aliphatic carbocycles. The number of esters is 2. The Bertz CT molecular complexity index is 2380. The zero-order valence-corrected chi connectivity index (χ0v) is 84.0. The van der Waals surface area contributed by atoms with Crippen molar-refractivity contribution in [2.24, 2.45) is 11.8 Å². The van der Waals surface area contributed by atoms with E-state index >= 15 is 0 Å². The smallest absolute Gasteiger partial charge is 0.313 e. The molecule has 0 bridgehead atoms. The lowest BCUT2D eigenvalue weighted by Gasteiger charge is -2.07. The molecule has 0 saturated heterocycles. The second-order valence-electron chi connectivity index (χ2n) is 35.1. The van der Waals surface area contributed by atoms with E-state index in [1.807, 2.05) is 6.92 Å². The van der Waals surface area contributed by atoms with Gasteiger partial charge in [-0.05, 0) is 147 Å². The molecule has 18 heteroatoms. The third-order valence-electron chi connectivity index (χ3n) is 21.6. The third kappa shape index (κ3) is 159. The normalized spacial score (nSPS) is 11.3. The van der Waals surface area contributed by atoms with E-state index in [0.717, 1.165) is 179 Å². The Balaban J connectivity index is -0.000000214. The van der Waals surface area contributed by atoms with Crippen LogP contribution >= 0.6 is 0 Å². The quantitative estimate of drug-likeness (QED) is 0.0121. The van der Waals surface area contributed by atoms with Gasteiger partial charge in [0.1, 0.15) is 0 Å². The van der Waals surface area contributed by atoms with Gasteiger partial charge < -0.3 is 45.6 Å². The number of ether oxygens (including phenoxy) is 1. The predicted molar refractivity (Wildman–Crippen MR) is 532 cm³/mol. The number of rotatable bonds is 84. The van der Waals surface area contributed by atoms with E-state index in [2.05, 4.69) is 116 Å². The average molecular weight is 1790 g/mol. The second-order valence-corrected chi connectivity index (χ2v) is 35.1. The number of carboxylic acids is 7. The Morgan fingerprint density at radius 3 is 0.714 bits per heavy atom. The van der Waals surface area contributed by atoms with Gasteiger partial charge in [-0.1, -0.05) is 426 Å². The van der Waals surface area contributed by atoms with E-state index in [1.165, 1.54) is 283 Å². The maximum atomic E-state index is 11.1. The number of unbranched alkanes of at least 4 members (excludes halogenated alkanes) is 53. The van der Waals surface area contributed by atoms with Crippen LogP contribution in [0.4, 0.5) is 0 Å². The van der Waals surface area contributed by atoms with Crippen LogP contribution in [-0.4, -0.2) is 101 Å². The number of carboxylic acid groups (broad SMARTS) is 7. The summed E-state index contributed by atoms with van der Waals surface area (Å²) >= 11 is 0. The topological polar surface area (TPSA) is 325 Å². The van der Waals surface area contributed by atoms with Gasteiger partial charge in [-0.15, -0.1) is 0 Å². The summed E-state index contributed by atoms with van der Waals surface area (Å²) in [5.41, 5.74) is 0. The van der Waals surface area contributed by atoms with Crippen molar-refractivity contribution in [3.63, 3.8) is 0 Å². The van der Waals surface area contributed by atoms with E-state index in [1.54, 1.807) is 0 Å². The van der Waals surface area contributed by atoms with E-state index < -0.39 is 53.7 Å². The molecule has 0 saturated carbocycles. The number of hydrogen-bond acceptors (Lipinski definition) is 11. The van der Waals surface area contributed by atoms with Crippen LogP contribution in [0, 0.1) is 11.8 Å². The number of hydrogen-bond donors (Lipinski definition) is 8. The van der Waals surface area contributed by atoms with E-state index in [4.69, 9.17) is 35.7 Å². The van der Waals surface area contributed by atoms with Crippen LogP contribution in [0.15, 0.2) is 48.6 Å². The molecule has 0 radical (unpaired) electrons. The zero-order valence-electron chi connectivity index (χ0n) is 84.0. The standard InChI is InChI=1S/C20H34O3.C18H34O3.C18H34O2.C16H32O2.2C10H20O2.2C8H16O2/c1-3-4-5-6-7-8-9-10-11-12-13-14-15-16-17-18-20(22)23-19(2)21;1-2-3-4-11-14-17(19)15-12-9-7-5-6-8-10-13-16-18(20)21;1-2-3-4-5-6-7-8-9-10-11-12-13-14-15-16-17-18(19)20;1-2-3-4-5-6-7-8-9-10-11-12-13-14-15-16(17)18;1-9(2)7-5-3-4-6-8-10(11)12;1-2-3-4-5-6-7-8-9-10(11)12;1-3-5-6-7(4-2)8(9)10;1-2-3-4-5-6-7-8(9)10/h7-8,10-11H,3-6,9,12-18H2,1-2H3;9,12,17,19H,2-8,10-11,13-16H2,1H3,(H,20,21);9-10H,2-8,11-17H2,1H3,(H,19,20);2-15H2,1H3,(H,17,18);9H,3-8H2,1-2H3,(H,11,12);2-9H2,1H3,(H,11,12);7H,3-6H2,1-2H3,(H,9,10);2-7H2,1H3,(H,9,10)/b8-7-,11-10-;12-9-;10-9-;;;;;/t;17-;;;;;;/m.1....../s1. The van der Waals surface area contributed by atoms with Crippen LogP contribution in [-0.2, 0) is 47.9 Å². The molecule has 1 unspecified atom stereocenters. The molecular weight excluding hydrogens is 1590 g/mol. The lowest BCUT2D eigenvalue weighted by molar-refractivity contribution is -0.158. The summed E-state index contributed by atoms with van der Waals surface area (Å²) in [4.78, 5) is 93.4. The monoisotopic (exact) mass is 1790 g/mol. The number of allylic oxidation sites excluding steroid dienone is 7. The minimum absolute atomic E-state index is 0.111. The SMILES string of the molecule is CC(C)CCCCCCC(=O)O.CCCCC(CC)C(=O)O.CCCCC/C=C\C/C=C\CCCCCCCC(=O)OC(C)=O.CCCCCCCC(=O)O.CCCCCCCC/C=C\CCCCCCCC(=O)O.CCCCCCCCCC(=O)O.CCCCCCCCCCCCCCCC(=O)O.CCCCCC[C@@H](O)C/C=C\CCCCCCCC(=O)O. The number of aliphatic hydroxyl groups is 1. The van der Waals surface area contributed by atoms with Crippen molar-refractivity contribution >= 4 is 53.7 Å². The Kier molecular flexibility index (Phi) is 133. The van der Waals surface area contributed by atoms with Crippen LogP contribution in [0.25, 0.3) is 0 Å². The number of carbonyl (C=O) groups is 9. The molecular formula is C108H206O18. The fourth-order valence-corrected chi connectivity index (χ4v) is 13.5. The first kappa shape index (κ1) is 136. The maximum absolute atomic E-state index is 11.1. The Hall–Kier alpha value is -5.65. The molecule has 0 aromatic heterocycles. The van der Waals surface area contributed by atoms with Gasteiger partial charge in [0.25, 0.3) is 0 Å². The van der Waals surface area contributed by atoms with Crippen LogP contribution in [0.5, 0.6) is 0 Å². The summed E-state index contributed by atoms with van der Waals surface area (Å²) in [6.07, 6.45) is 102. The third-order valence-corrected chi connectivity index (χ3v) is 21.6. The summed E-state index contributed by atoms with van der Waals surface area (Å²) in [6.45, 7) is 23.0. The first-order valence-electron chi connectivity index (χ1n) is 52.3. The fraction of sp³-hybridized carbons (Fsp3) is 0.843. The van der Waals surface area contributed by atoms with Crippen molar-refractivity contribution in [1.82, 2.24) is 0 Å². The molecule has 0 fully saturated rings.